The van der Waals surface area contributed by atoms with Gasteiger partial charge in [0, 0.05) is 23.0 Å². The van der Waals surface area contributed by atoms with Gasteiger partial charge in [-0.1, -0.05) is 60.1 Å². The minimum atomic E-state index is -0.600. The van der Waals surface area contributed by atoms with Gasteiger partial charge >= 0.3 is 5.97 Å². The molecular formula is C23H21ClN2O4. The molecule has 0 aromatic heterocycles. The van der Waals surface area contributed by atoms with E-state index in [4.69, 9.17) is 16.3 Å². The number of hydrogen-bond acceptors (Lipinski definition) is 4. The van der Waals surface area contributed by atoms with Crippen molar-refractivity contribution in [1.29, 1.82) is 0 Å². The fraction of sp³-hybridized carbons (Fsp3) is 0.174. The quantitative estimate of drug-likeness (QED) is 0.555. The van der Waals surface area contributed by atoms with Crippen LogP contribution in [0, 0.1) is 0 Å². The van der Waals surface area contributed by atoms with Crippen molar-refractivity contribution in [3.63, 3.8) is 0 Å². The molecule has 0 spiro atoms. The molecule has 0 aliphatic carbocycles. The number of esters is 1. The third kappa shape index (κ3) is 5.81. The van der Waals surface area contributed by atoms with Gasteiger partial charge in [0.25, 0.3) is 5.91 Å². The molecule has 1 unspecified atom stereocenters. The average Bonchev–Trinajstić information content (AvgIpc) is 2.72. The Kier molecular flexibility index (Phi) is 7.03. The summed E-state index contributed by atoms with van der Waals surface area (Å²) in [5.74, 6) is -1.32. The summed E-state index contributed by atoms with van der Waals surface area (Å²) < 4.78 is 5.12. The van der Waals surface area contributed by atoms with Gasteiger partial charge in [0.15, 0.2) is 6.61 Å². The van der Waals surface area contributed by atoms with Crippen LogP contribution < -0.4 is 10.6 Å². The number of halogens is 1. The van der Waals surface area contributed by atoms with Crippen LogP contribution in [0.1, 0.15) is 24.9 Å². The molecule has 0 aliphatic heterocycles. The highest BCUT2D eigenvalue weighted by Gasteiger charge is 2.19. The monoisotopic (exact) mass is 424 g/mol. The Hall–Kier alpha value is -3.38. The van der Waals surface area contributed by atoms with Crippen LogP contribution in [0.4, 0.5) is 5.69 Å². The van der Waals surface area contributed by atoms with E-state index >= 15 is 0 Å². The zero-order valence-corrected chi connectivity index (χ0v) is 17.1. The maximum atomic E-state index is 12.3. The number of hydrogen-bond donors (Lipinski definition) is 2. The van der Waals surface area contributed by atoms with Gasteiger partial charge in [-0.05, 0) is 29.1 Å². The summed E-state index contributed by atoms with van der Waals surface area (Å²) in [4.78, 5) is 36.0. The van der Waals surface area contributed by atoms with Crippen LogP contribution in [-0.4, -0.2) is 24.4 Å². The van der Waals surface area contributed by atoms with Crippen LogP contribution in [0.25, 0.3) is 10.8 Å². The zero-order valence-electron chi connectivity index (χ0n) is 16.4. The molecule has 3 rings (SSSR count). The molecule has 3 aromatic carbocycles. The molecule has 7 heteroatoms. The van der Waals surface area contributed by atoms with Crippen LogP contribution in [0.2, 0.25) is 5.02 Å². The number of amides is 2. The Balaban J connectivity index is 1.58. The van der Waals surface area contributed by atoms with Gasteiger partial charge in [-0.2, -0.15) is 0 Å². The number of nitrogens with one attached hydrogen (secondary N) is 2. The van der Waals surface area contributed by atoms with Crippen molar-refractivity contribution < 1.29 is 19.1 Å². The second kappa shape index (κ2) is 9.89. The van der Waals surface area contributed by atoms with Gasteiger partial charge in [0.1, 0.15) is 0 Å². The topological polar surface area (TPSA) is 84.5 Å². The van der Waals surface area contributed by atoms with E-state index in [1.165, 1.54) is 6.92 Å². The normalized spacial score (nSPS) is 11.5. The van der Waals surface area contributed by atoms with E-state index in [0.29, 0.717) is 16.3 Å². The minimum Gasteiger partial charge on any atom is -0.455 e. The third-order valence-electron chi connectivity index (χ3n) is 4.45. The lowest BCUT2D eigenvalue weighted by molar-refractivity contribution is -0.148. The van der Waals surface area contributed by atoms with Gasteiger partial charge in [-0.15, -0.1) is 0 Å². The molecule has 0 bridgehead atoms. The summed E-state index contributed by atoms with van der Waals surface area (Å²) >= 11 is 5.89. The molecule has 0 heterocycles. The molecule has 0 saturated heterocycles. The number of carbonyl (C=O) groups excluding carboxylic acids is 3. The first kappa shape index (κ1) is 21.3. The third-order valence-corrected chi connectivity index (χ3v) is 4.70. The number of carbonyl (C=O) groups is 3. The predicted molar refractivity (Wildman–Crippen MR) is 116 cm³/mol. The second-order valence-corrected chi connectivity index (χ2v) is 7.18. The summed E-state index contributed by atoms with van der Waals surface area (Å²) in [5, 5.41) is 7.91. The molecule has 0 radical (unpaired) electrons. The molecule has 2 N–H and O–H groups in total. The van der Waals surface area contributed by atoms with Crippen LogP contribution >= 0.6 is 11.6 Å². The van der Waals surface area contributed by atoms with E-state index < -0.39 is 24.5 Å². The molecular weight excluding hydrogens is 404 g/mol. The Morgan fingerprint density at radius 1 is 0.967 bits per heavy atom. The van der Waals surface area contributed by atoms with Gasteiger partial charge in [-0.3, -0.25) is 14.4 Å². The summed E-state index contributed by atoms with van der Waals surface area (Å²) in [6.45, 7) is 0.946. The van der Waals surface area contributed by atoms with E-state index in [9.17, 15) is 14.4 Å². The van der Waals surface area contributed by atoms with Crippen molar-refractivity contribution in [3.8, 4) is 0 Å². The van der Waals surface area contributed by atoms with Gasteiger partial charge in [-0.25, -0.2) is 0 Å². The average molecular weight is 425 g/mol. The summed E-state index contributed by atoms with van der Waals surface area (Å²) in [6, 6.07) is 19.5. The molecule has 1 atom stereocenters. The molecule has 2 amide bonds. The first-order chi connectivity index (χ1) is 14.4. The Morgan fingerprint density at radius 3 is 2.40 bits per heavy atom. The van der Waals surface area contributed by atoms with E-state index in [1.807, 2.05) is 36.4 Å². The van der Waals surface area contributed by atoms with Crippen molar-refractivity contribution in [3.05, 3.63) is 77.3 Å². The number of rotatable bonds is 7. The predicted octanol–water partition coefficient (Wildman–Crippen LogP) is 4.24. The smallest absolute Gasteiger partial charge is 0.308 e. The van der Waals surface area contributed by atoms with E-state index in [1.54, 1.807) is 30.3 Å². The molecule has 0 saturated carbocycles. The number of anilines is 1. The minimum absolute atomic E-state index is 0.108. The van der Waals surface area contributed by atoms with Crippen LogP contribution in [-0.2, 0) is 19.1 Å². The van der Waals surface area contributed by atoms with Crippen LogP contribution in [0.5, 0.6) is 0 Å². The summed E-state index contributed by atoms with van der Waals surface area (Å²) in [6.07, 6.45) is -0.108. The number of ether oxygens (including phenoxy) is 1. The van der Waals surface area contributed by atoms with Crippen LogP contribution in [0.3, 0.4) is 0 Å². The van der Waals surface area contributed by atoms with E-state index in [-0.39, 0.29) is 12.3 Å². The highest BCUT2D eigenvalue weighted by atomic mass is 35.5. The highest BCUT2D eigenvalue weighted by Crippen LogP contribution is 2.23. The summed E-state index contributed by atoms with van der Waals surface area (Å²) in [5.41, 5.74) is 1.36. The lowest BCUT2D eigenvalue weighted by Gasteiger charge is -2.18. The van der Waals surface area contributed by atoms with Gasteiger partial charge < -0.3 is 15.4 Å². The Morgan fingerprint density at radius 2 is 1.67 bits per heavy atom. The summed E-state index contributed by atoms with van der Waals surface area (Å²) in [7, 11) is 0. The van der Waals surface area contributed by atoms with Crippen molar-refractivity contribution >= 4 is 45.8 Å². The fourth-order valence-electron chi connectivity index (χ4n) is 3.08. The van der Waals surface area contributed by atoms with Crippen molar-refractivity contribution in [2.75, 3.05) is 11.9 Å². The molecule has 6 nitrogen and oxygen atoms in total. The SMILES string of the molecule is CC(=O)NC(CC(=O)OCC(=O)Nc1cccc2ccccc12)c1ccc(Cl)cc1. The van der Waals surface area contributed by atoms with Crippen LogP contribution in [0.15, 0.2) is 66.7 Å². The molecule has 3 aromatic rings. The van der Waals surface area contributed by atoms with Gasteiger partial charge in [0.05, 0.1) is 12.5 Å². The Bertz CT molecular complexity index is 1060. The van der Waals surface area contributed by atoms with Crippen molar-refractivity contribution in [1.82, 2.24) is 5.32 Å². The molecule has 0 aliphatic rings. The standard InChI is InChI=1S/C23H21ClN2O4/c1-15(27)25-21(17-9-11-18(24)12-10-17)13-23(29)30-14-22(28)26-20-8-4-6-16-5-2-3-7-19(16)20/h2-12,21H,13-14H2,1H3,(H,25,27)(H,26,28). The first-order valence-electron chi connectivity index (χ1n) is 9.38. The van der Waals surface area contributed by atoms with Gasteiger partial charge in [0.2, 0.25) is 5.91 Å². The van der Waals surface area contributed by atoms with Crippen molar-refractivity contribution in [2.45, 2.75) is 19.4 Å². The number of benzene rings is 3. The molecule has 154 valence electrons. The Labute approximate surface area is 179 Å². The fourth-order valence-corrected chi connectivity index (χ4v) is 3.21. The zero-order chi connectivity index (χ0) is 21.5. The lowest BCUT2D eigenvalue weighted by atomic mass is 10.0. The highest BCUT2D eigenvalue weighted by molar-refractivity contribution is 6.30. The lowest BCUT2D eigenvalue weighted by Crippen LogP contribution is -2.29. The van der Waals surface area contributed by atoms with Crippen molar-refractivity contribution in [2.24, 2.45) is 0 Å². The number of fused-ring (bicyclic) bond motifs is 1. The first-order valence-corrected chi connectivity index (χ1v) is 9.76. The molecule has 30 heavy (non-hydrogen) atoms. The maximum absolute atomic E-state index is 12.3. The van der Waals surface area contributed by atoms with E-state index in [0.717, 1.165) is 10.8 Å². The van der Waals surface area contributed by atoms with E-state index in [2.05, 4.69) is 10.6 Å². The maximum Gasteiger partial charge on any atom is 0.308 e. The largest absolute Gasteiger partial charge is 0.455 e. The second-order valence-electron chi connectivity index (χ2n) is 6.74. The molecule has 0 fully saturated rings.